The minimum atomic E-state index is -4.57. The van der Waals surface area contributed by atoms with E-state index in [1.54, 1.807) is 30.8 Å². The van der Waals surface area contributed by atoms with E-state index in [4.69, 9.17) is 4.52 Å². The van der Waals surface area contributed by atoms with Gasteiger partial charge in [0.15, 0.2) is 0 Å². The fraction of sp³-hybridized carbons (Fsp3) is 0.476. The van der Waals surface area contributed by atoms with Crippen LogP contribution in [-0.4, -0.2) is 58.1 Å². The van der Waals surface area contributed by atoms with Crippen LogP contribution in [0.25, 0.3) is 11.1 Å². The molecule has 0 bridgehead atoms. The van der Waals surface area contributed by atoms with E-state index in [1.165, 1.54) is 13.1 Å². The second kappa shape index (κ2) is 8.03. The summed E-state index contributed by atoms with van der Waals surface area (Å²) in [5.41, 5.74) is 0.355. The van der Waals surface area contributed by atoms with Crippen LogP contribution in [-0.2, 0) is 6.18 Å². The number of nitrogens with zero attached hydrogens (tertiary/aromatic N) is 6. The number of likely N-dealkylation sites (tertiary alicyclic amines) is 1. The Balaban J connectivity index is 1.63. The maximum absolute atomic E-state index is 13.7. The van der Waals surface area contributed by atoms with Crippen LogP contribution in [0.3, 0.4) is 0 Å². The first-order chi connectivity index (χ1) is 15.1. The van der Waals surface area contributed by atoms with Crippen LogP contribution in [0.5, 0.6) is 0 Å². The summed E-state index contributed by atoms with van der Waals surface area (Å²) in [6.45, 7) is 3.94. The number of halogens is 3. The van der Waals surface area contributed by atoms with E-state index in [0.29, 0.717) is 36.6 Å². The van der Waals surface area contributed by atoms with E-state index < -0.39 is 11.7 Å². The number of aromatic nitrogens is 4. The third kappa shape index (κ3) is 3.98. The van der Waals surface area contributed by atoms with Gasteiger partial charge in [-0.1, -0.05) is 5.16 Å². The Labute approximate surface area is 182 Å². The smallest absolute Gasteiger partial charge is 0.347 e. The summed E-state index contributed by atoms with van der Waals surface area (Å²) in [5, 5.41) is 3.52. The lowest BCUT2D eigenvalue weighted by Gasteiger charge is -2.33. The number of anilines is 1. The molecular weight excluding hydrogens is 425 g/mol. The summed E-state index contributed by atoms with van der Waals surface area (Å²) in [6, 6.07) is 1.06. The van der Waals surface area contributed by atoms with Crippen LogP contribution in [0.15, 0.2) is 16.8 Å². The van der Waals surface area contributed by atoms with Gasteiger partial charge in [0.05, 0.1) is 33.6 Å². The minimum Gasteiger partial charge on any atom is -0.347 e. The molecule has 1 aliphatic heterocycles. The normalized spacial score (nSPS) is 17.1. The van der Waals surface area contributed by atoms with Crippen molar-refractivity contribution in [1.29, 1.82) is 0 Å². The van der Waals surface area contributed by atoms with Gasteiger partial charge in [0.2, 0.25) is 5.95 Å². The highest BCUT2D eigenvalue weighted by atomic mass is 19.4. The first kappa shape index (κ1) is 22.0. The molecule has 4 heterocycles. The monoisotopic (exact) mass is 448 g/mol. The summed E-state index contributed by atoms with van der Waals surface area (Å²) in [7, 11) is 3.61. The van der Waals surface area contributed by atoms with Crippen LogP contribution >= 0.6 is 0 Å². The number of aryl methyl sites for hydroxylation is 2. The maximum Gasteiger partial charge on any atom is 0.417 e. The lowest BCUT2D eigenvalue weighted by molar-refractivity contribution is -0.136. The number of hydrogen-bond acceptors (Lipinski definition) is 7. The quantitative estimate of drug-likeness (QED) is 0.603. The molecule has 32 heavy (non-hydrogen) atoms. The maximum atomic E-state index is 13.7. The summed E-state index contributed by atoms with van der Waals surface area (Å²) in [6.07, 6.45) is -1.82. The second-order valence-corrected chi connectivity index (χ2v) is 8.19. The van der Waals surface area contributed by atoms with Gasteiger partial charge in [-0.15, -0.1) is 0 Å². The predicted molar refractivity (Wildman–Crippen MR) is 111 cm³/mol. The van der Waals surface area contributed by atoms with Crippen molar-refractivity contribution in [2.75, 3.05) is 32.1 Å². The number of alkyl halides is 3. The molecule has 0 unspecified atom stereocenters. The van der Waals surface area contributed by atoms with E-state index in [9.17, 15) is 18.0 Å². The van der Waals surface area contributed by atoms with Crippen LogP contribution < -0.4 is 4.90 Å². The zero-order chi connectivity index (χ0) is 23.2. The zero-order valence-corrected chi connectivity index (χ0v) is 18.2. The third-order valence-corrected chi connectivity index (χ3v) is 5.67. The Morgan fingerprint density at radius 2 is 1.97 bits per heavy atom. The lowest BCUT2D eigenvalue weighted by atomic mass is 9.92. The van der Waals surface area contributed by atoms with Crippen molar-refractivity contribution in [3.8, 4) is 0 Å². The second-order valence-electron chi connectivity index (χ2n) is 8.19. The lowest BCUT2D eigenvalue weighted by Crippen LogP contribution is -2.39. The van der Waals surface area contributed by atoms with Crippen LogP contribution in [0, 0.1) is 13.8 Å². The average Bonchev–Trinajstić information content (AvgIpc) is 3.12. The molecular formula is C21H23F3N6O2. The van der Waals surface area contributed by atoms with Crippen molar-refractivity contribution < 1.29 is 22.5 Å². The molecule has 1 fully saturated rings. The molecule has 8 nitrogen and oxygen atoms in total. The molecule has 1 amide bonds. The van der Waals surface area contributed by atoms with Crippen molar-refractivity contribution in [3.63, 3.8) is 0 Å². The zero-order valence-electron chi connectivity index (χ0n) is 18.2. The highest BCUT2D eigenvalue weighted by Crippen LogP contribution is 2.38. The number of pyridine rings is 1. The van der Waals surface area contributed by atoms with E-state index in [1.807, 2.05) is 0 Å². The Morgan fingerprint density at radius 3 is 2.62 bits per heavy atom. The van der Waals surface area contributed by atoms with Gasteiger partial charge in [0.1, 0.15) is 0 Å². The van der Waals surface area contributed by atoms with E-state index in [-0.39, 0.29) is 40.9 Å². The van der Waals surface area contributed by atoms with Gasteiger partial charge in [-0.05, 0) is 32.8 Å². The van der Waals surface area contributed by atoms with Crippen LogP contribution in [0.2, 0.25) is 0 Å². The molecule has 170 valence electrons. The largest absolute Gasteiger partial charge is 0.417 e. The van der Waals surface area contributed by atoms with Crippen molar-refractivity contribution in [3.05, 3.63) is 40.5 Å². The molecule has 3 aromatic rings. The fourth-order valence-electron chi connectivity index (χ4n) is 4.00. The first-order valence-corrected chi connectivity index (χ1v) is 10.2. The van der Waals surface area contributed by atoms with Gasteiger partial charge >= 0.3 is 6.18 Å². The number of amides is 1. The summed E-state index contributed by atoms with van der Waals surface area (Å²) in [4.78, 5) is 29.4. The fourth-order valence-corrected chi connectivity index (χ4v) is 4.00. The minimum absolute atomic E-state index is 0.126. The van der Waals surface area contributed by atoms with E-state index >= 15 is 0 Å². The SMILES string of the molecule is Cc1nc(N(C)C)ncc1C(=O)N1CCC[C@H](c2cc(C(F)(F)F)c3c(C)noc3n2)C1. The molecule has 3 aromatic heterocycles. The summed E-state index contributed by atoms with van der Waals surface area (Å²) in [5.74, 6) is -0.105. The van der Waals surface area contributed by atoms with E-state index in [2.05, 4.69) is 20.1 Å². The van der Waals surface area contributed by atoms with Gasteiger partial charge in [-0.2, -0.15) is 13.2 Å². The number of fused-ring (bicyclic) bond motifs is 1. The number of rotatable bonds is 3. The first-order valence-electron chi connectivity index (χ1n) is 10.2. The van der Waals surface area contributed by atoms with Crippen molar-refractivity contribution >= 4 is 23.0 Å². The third-order valence-electron chi connectivity index (χ3n) is 5.67. The van der Waals surface area contributed by atoms with Gasteiger partial charge < -0.3 is 14.3 Å². The summed E-state index contributed by atoms with van der Waals surface area (Å²) < 4.78 is 46.2. The Bertz CT molecular complexity index is 1170. The molecule has 0 aromatic carbocycles. The Hall–Kier alpha value is -3.24. The molecule has 0 spiro atoms. The highest BCUT2D eigenvalue weighted by Gasteiger charge is 2.37. The van der Waals surface area contributed by atoms with Crippen molar-refractivity contribution in [2.24, 2.45) is 0 Å². The Kier molecular flexibility index (Phi) is 5.51. The average molecular weight is 448 g/mol. The van der Waals surface area contributed by atoms with Crippen LogP contribution in [0.1, 0.15) is 51.8 Å². The number of carbonyl (C=O) groups is 1. The molecule has 1 saturated heterocycles. The predicted octanol–water partition coefficient (Wildman–Crippen LogP) is 3.73. The molecule has 0 saturated carbocycles. The van der Waals surface area contributed by atoms with Gasteiger partial charge in [0.25, 0.3) is 11.6 Å². The molecule has 0 aliphatic carbocycles. The molecule has 4 rings (SSSR count). The van der Waals surface area contributed by atoms with Gasteiger partial charge in [-0.25, -0.2) is 15.0 Å². The molecule has 1 atom stereocenters. The van der Waals surface area contributed by atoms with Crippen molar-refractivity contribution in [1.82, 2.24) is 25.0 Å². The topological polar surface area (TPSA) is 88.3 Å². The van der Waals surface area contributed by atoms with Gasteiger partial charge in [0, 0.05) is 39.3 Å². The van der Waals surface area contributed by atoms with Gasteiger partial charge in [-0.3, -0.25) is 4.79 Å². The Morgan fingerprint density at radius 1 is 1.22 bits per heavy atom. The van der Waals surface area contributed by atoms with E-state index in [0.717, 1.165) is 6.07 Å². The molecule has 11 heteroatoms. The molecule has 1 aliphatic rings. The summed E-state index contributed by atoms with van der Waals surface area (Å²) >= 11 is 0. The number of carbonyl (C=O) groups excluding carboxylic acids is 1. The standard InChI is InChI=1S/C21H23F3N6O2/c1-11-14(9-25-20(26-11)29(3)4)19(31)30-7-5-6-13(10-30)16-8-15(21(22,23)24)17-12(2)28-32-18(17)27-16/h8-9,13H,5-7,10H2,1-4H3/t13-/m0/s1. The molecule has 0 N–H and O–H groups in total. The number of hydrogen-bond donors (Lipinski definition) is 0. The molecule has 0 radical (unpaired) electrons. The number of piperidine rings is 1. The van der Waals surface area contributed by atoms with Crippen LogP contribution in [0.4, 0.5) is 19.1 Å². The highest BCUT2D eigenvalue weighted by molar-refractivity contribution is 5.95. The van der Waals surface area contributed by atoms with Crippen molar-refractivity contribution in [2.45, 2.75) is 38.8 Å².